The van der Waals surface area contributed by atoms with E-state index in [1.807, 2.05) is 48.5 Å². The standard InChI is InChI=1S/C20H13Cl2N3O/c21-14-9-13(19(26)16(22)10-14)11-23-15-7-5-12(6-8-15)20-24-17-3-1-2-4-18(17)25-20/h1-11,26H,(H,24,25)/b23-11+. The molecule has 2 N–H and O–H groups in total. The monoisotopic (exact) mass is 381 g/mol. The number of aliphatic imine (C=N–C) groups is 1. The fraction of sp³-hybridized carbons (Fsp3) is 0. The number of aromatic hydroxyl groups is 1. The Morgan fingerprint density at radius 1 is 1.00 bits per heavy atom. The second-order valence-corrected chi connectivity index (χ2v) is 6.58. The second kappa shape index (κ2) is 6.83. The summed E-state index contributed by atoms with van der Waals surface area (Å²) in [7, 11) is 0. The van der Waals surface area contributed by atoms with Crippen molar-refractivity contribution in [3.63, 3.8) is 0 Å². The molecule has 4 nitrogen and oxygen atoms in total. The summed E-state index contributed by atoms with van der Waals surface area (Å²) in [6, 6.07) is 18.6. The maximum Gasteiger partial charge on any atom is 0.143 e. The van der Waals surface area contributed by atoms with Gasteiger partial charge in [0.2, 0.25) is 0 Å². The number of benzene rings is 3. The predicted octanol–water partition coefficient (Wildman–Crippen LogP) is 5.99. The van der Waals surface area contributed by atoms with Crippen LogP contribution < -0.4 is 0 Å². The zero-order valence-corrected chi connectivity index (χ0v) is 15.0. The van der Waals surface area contributed by atoms with E-state index in [4.69, 9.17) is 23.2 Å². The lowest BCUT2D eigenvalue weighted by molar-refractivity contribution is 0.475. The van der Waals surface area contributed by atoms with E-state index in [9.17, 15) is 5.11 Å². The highest BCUT2D eigenvalue weighted by Gasteiger charge is 2.07. The summed E-state index contributed by atoms with van der Waals surface area (Å²) in [5, 5.41) is 10.6. The third-order valence-corrected chi connectivity index (χ3v) is 4.45. The van der Waals surface area contributed by atoms with Crippen molar-refractivity contribution in [3.8, 4) is 17.1 Å². The molecule has 0 saturated carbocycles. The van der Waals surface area contributed by atoms with Crippen LogP contribution in [0.5, 0.6) is 5.75 Å². The molecule has 4 rings (SSSR count). The molecule has 128 valence electrons. The average molecular weight is 382 g/mol. The molecule has 1 heterocycles. The Morgan fingerprint density at radius 3 is 2.54 bits per heavy atom. The molecule has 0 aliphatic rings. The lowest BCUT2D eigenvalue weighted by atomic mass is 10.2. The summed E-state index contributed by atoms with van der Waals surface area (Å²) >= 11 is 11.9. The molecule has 0 aliphatic carbocycles. The molecule has 0 amide bonds. The van der Waals surface area contributed by atoms with Gasteiger partial charge in [-0.1, -0.05) is 35.3 Å². The van der Waals surface area contributed by atoms with Gasteiger partial charge in [0.05, 0.1) is 21.7 Å². The molecule has 4 aromatic rings. The van der Waals surface area contributed by atoms with Crippen molar-refractivity contribution < 1.29 is 5.11 Å². The van der Waals surface area contributed by atoms with Gasteiger partial charge in [0.15, 0.2) is 0 Å². The Kier molecular flexibility index (Phi) is 4.37. The maximum absolute atomic E-state index is 9.97. The normalized spacial score (nSPS) is 11.5. The maximum atomic E-state index is 9.97. The van der Waals surface area contributed by atoms with Crippen LogP contribution in [-0.4, -0.2) is 21.3 Å². The Balaban J connectivity index is 1.60. The van der Waals surface area contributed by atoms with E-state index >= 15 is 0 Å². The van der Waals surface area contributed by atoms with Gasteiger partial charge in [-0.25, -0.2) is 4.98 Å². The van der Waals surface area contributed by atoms with Gasteiger partial charge in [-0.3, -0.25) is 4.99 Å². The predicted molar refractivity (Wildman–Crippen MR) is 107 cm³/mol. The van der Waals surface area contributed by atoms with Crippen LogP contribution in [-0.2, 0) is 0 Å². The van der Waals surface area contributed by atoms with Crippen molar-refractivity contribution in [3.05, 3.63) is 76.3 Å². The van der Waals surface area contributed by atoms with Crippen molar-refractivity contribution in [2.24, 2.45) is 4.99 Å². The van der Waals surface area contributed by atoms with Crippen molar-refractivity contribution in [2.45, 2.75) is 0 Å². The average Bonchev–Trinajstić information content (AvgIpc) is 3.08. The highest BCUT2D eigenvalue weighted by Crippen LogP contribution is 2.30. The number of para-hydroxylation sites is 2. The van der Waals surface area contributed by atoms with E-state index in [0.717, 1.165) is 28.1 Å². The highest BCUT2D eigenvalue weighted by molar-refractivity contribution is 6.36. The number of hydrogen-bond donors (Lipinski definition) is 2. The SMILES string of the molecule is Oc1c(Cl)cc(Cl)cc1/C=N/c1ccc(-c2nc3ccccc3[nH]2)cc1. The number of halogens is 2. The Bertz CT molecular complexity index is 1080. The Hall–Kier alpha value is -2.82. The van der Waals surface area contributed by atoms with Gasteiger partial charge >= 0.3 is 0 Å². The Morgan fingerprint density at radius 2 is 1.77 bits per heavy atom. The van der Waals surface area contributed by atoms with Crippen LogP contribution in [0.15, 0.2) is 65.7 Å². The number of H-pyrrole nitrogens is 1. The molecule has 0 fully saturated rings. The van der Waals surface area contributed by atoms with Gasteiger partial charge in [0.25, 0.3) is 0 Å². The van der Waals surface area contributed by atoms with E-state index in [-0.39, 0.29) is 10.8 Å². The first-order valence-electron chi connectivity index (χ1n) is 7.87. The molecular weight excluding hydrogens is 369 g/mol. The lowest BCUT2D eigenvalue weighted by Gasteiger charge is -2.02. The quantitative estimate of drug-likeness (QED) is 0.428. The van der Waals surface area contributed by atoms with E-state index in [0.29, 0.717) is 10.6 Å². The summed E-state index contributed by atoms with van der Waals surface area (Å²) in [5.74, 6) is 0.764. The summed E-state index contributed by atoms with van der Waals surface area (Å²) in [6.45, 7) is 0. The zero-order chi connectivity index (χ0) is 18.1. The van der Waals surface area contributed by atoms with E-state index in [1.54, 1.807) is 6.07 Å². The van der Waals surface area contributed by atoms with Crippen LogP contribution in [0.25, 0.3) is 22.4 Å². The van der Waals surface area contributed by atoms with Gasteiger partial charge in [0, 0.05) is 22.4 Å². The highest BCUT2D eigenvalue weighted by atomic mass is 35.5. The van der Waals surface area contributed by atoms with Crippen LogP contribution >= 0.6 is 23.2 Å². The molecule has 0 aliphatic heterocycles. The number of phenols is 1. The summed E-state index contributed by atoms with van der Waals surface area (Å²) in [5.41, 5.74) is 4.09. The number of nitrogens with zero attached hydrogens (tertiary/aromatic N) is 2. The number of nitrogens with one attached hydrogen (secondary N) is 1. The van der Waals surface area contributed by atoms with Crippen LogP contribution in [0.2, 0.25) is 10.0 Å². The zero-order valence-electron chi connectivity index (χ0n) is 13.4. The van der Waals surface area contributed by atoms with E-state index in [2.05, 4.69) is 15.0 Å². The molecule has 0 saturated heterocycles. The molecule has 0 unspecified atom stereocenters. The minimum Gasteiger partial charge on any atom is -0.506 e. The third kappa shape index (κ3) is 3.29. The molecule has 26 heavy (non-hydrogen) atoms. The smallest absolute Gasteiger partial charge is 0.143 e. The van der Waals surface area contributed by atoms with Gasteiger partial charge < -0.3 is 10.1 Å². The Labute approximate surface area is 159 Å². The molecule has 3 aromatic carbocycles. The topological polar surface area (TPSA) is 61.3 Å². The first kappa shape index (κ1) is 16.6. The number of rotatable bonds is 3. The number of aromatic nitrogens is 2. The minimum absolute atomic E-state index is 0.0429. The van der Waals surface area contributed by atoms with Gasteiger partial charge in [-0.05, 0) is 48.5 Å². The molecule has 0 atom stereocenters. The minimum atomic E-state index is -0.0429. The number of imidazole rings is 1. The van der Waals surface area contributed by atoms with Crippen molar-refractivity contribution >= 4 is 46.1 Å². The molecular formula is C20H13Cl2N3O. The molecule has 1 aromatic heterocycles. The van der Waals surface area contributed by atoms with Gasteiger partial charge in [-0.2, -0.15) is 0 Å². The van der Waals surface area contributed by atoms with Crippen molar-refractivity contribution in [1.82, 2.24) is 9.97 Å². The second-order valence-electron chi connectivity index (χ2n) is 5.73. The van der Waals surface area contributed by atoms with Crippen molar-refractivity contribution in [1.29, 1.82) is 0 Å². The van der Waals surface area contributed by atoms with E-state index in [1.165, 1.54) is 12.3 Å². The van der Waals surface area contributed by atoms with Crippen LogP contribution in [0.1, 0.15) is 5.56 Å². The fourth-order valence-electron chi connectivity index (χ4n) is 2.62. The summed E-state index contributed by atoms with van der Waals surface area (Å²) in [4.78, 5) is 12.2. The first-order valence-corrected chi connectivity index (χ1v) is 8.63. The number of phenolic OH excluding ortho intramolecular Hbond substituents is 1. The number of hydrogen-bond acceptors (Lipinski definition) is 3. The fourth-order valence-corrected chi connectivity index (χ4v) is 3.13. The number of fused-ring (bicyclic) bond motifs is 1. The first-order chi connectivity index (χ1) is 12.6. The van der Waals surface area contributed by atoms with Gasteiger partial charge in [-0.15, -0.1) is 0 Å². The van der Waals surface area contributed by atoms with Crippen LogP contribution in [0, 0.1) is 0 Å². The third-order valence-electron chi connectivity index (χ3n) is 3.94. The molecule has 0 radical (unpaired) electrons. The van der Waals surface area contributed by atoms with Gasteiger partial charge in [0.1, 0.15) is 11.6 Å². The van der Waals surface area contributed by atoms with E-state index < -0.39 is 0 Å². The van der Waals surface area contributed by atoms with Crippen LogP contribution in [0.4, 0.5) is 5.69 Å². The molecule has 0 spiro atoms. The lowest BCUT2D eigenvalue weighted by Crippen LogP contribution is -1.84. The molecule has 0 bridgehead atoms. The largest absolute Gasteiger partial charge is 0.506 e. The number of aromatic amines is 1. The van der Waals surface area contributed by atoms with Crippen LogP contribution in [0.3, 0.4) is 0 Å². The molecule has 6 heteroatoms. The summed E-state index contributed by atoms with van der Waals surface area (Å²) < 4.78 is 0. The summed E-state index contributed by atoms with van der Waals surface area (Å²) in [6.07, 6.45) is 1.53. The van der Waals surface area contributed by atoms with Crippen molar-refractivity contribution in [2.75, 3.05) is 0 Å².